The number of likely N-dealkylation sites (tertiary alicyclic amines) is 1. The van der Waals surface area contributed by atoms with E-state index in [1.54, 1.807) is 25.4 Å². The second-order valence-electron chi connectivity index (χ2n) is 11.5. The Morgan fingerprint density at radius 3 is 2.67 bits per heavy atom. The summed E-state index contributed by atoms with van der Waals surface area (Å²) in [6.45, 7) is 2.29. The Balaban J connectivity index is 1.32. The molecule has 3 aromatic rings. The molecule has 42 heavy (non-hydrogen) atoms. The van der Waals surface area contributed by atoms with Gasteiger partial charge in [-0.1, -0.05) is 18.2 Å². The maximum atomic E-state index is 14.0. The molecule has 2 fully saturated rings. The highest BCUT2D eigenvalue weighted by atomic mass is 32.2. The van der Waals surface area contributed by atoms with Crippen molar-refractivity contribution in [1.29, 1.82) is 0 Å². The third-order valence-corrected chi connectivity index (χ3v) is 10.7. The minimum atomic E-state index is -4.15. The average molecular weight is 596 g/mol. The summed E-state index contributed by atoms with van der Waals surface area (Å²) in [7, 11) is -0.579. The molecular weight excluding hydrogens is 558 g/mol. The molecule has 0 bridgehead atoms. The van der Waals surface area contributed by atoms with Crippen LogP contribution in [0.2, 0.25) is 0 Å². The van der Waals surface area contributed by atoms with E-state index < -0.39 is 27.7 Å². The number of fused-ring (bicyclic) bond motifs is 2. The lowest BCUT2D eigenvalue weighted by molar-refractivity contribution is -0.127. The molecule has 2 saturated heterocycles. The number of methoxy groups -OCH3 is 1. The number of ether oxygens (including phenoxy) is 2. The Kier molecular flexibility index (Phi) is 7.73. The van der Waals surface area contributed by atoms with Gasteiger partial charge in [-0.05, 0) is 48.2 Å². The van der Waals surface area contributed by atoms with E-state index in [0.717, 1.165) is 34.3 Å². The lowest BCUT2D eigenvalue weighted by Gasteiger charge is -2.43. The number of sulfonamides is 1. The van der Waals surface area contributed by atoms with Gasteiger partial charge in [0.2, 0.25) is 15.9 Å². The van der Waals surface area contributed by atoms with Crippen LogP contribution in [0.25, 0.3) is 11.1 Å². The van der Waals surface area contributed by atoms with Crippen molar-refractivity contribution in [3.05, 3.63) is 60.7 Å². The van der Waals surface area contributed by atoms with Crippen LogP contribution >= 0.6 is 0 Å². The van der Waals surface area contributed by atoms with Crippen molar-refractivity contribution < 1.29 is 27.8 Å². The summed E-state index contributed by atoms with van der Waals surface area (Å²) in [6.07, 6.45) is 4.72. The van der Waals surface area contributed by atoms with Gasteiger partial charge in [0.15, 0.2) is 0 Å². The second kappa shape index (κ2) is 11.3. The molecule has 2 atom stereocenters. The molecule has 2 N–H and O–H groups in total. The summed E-state index contributed by atoms with van der Waals surface area (Å²) in [5, 5.41) is 13.7. The smallest absolute Gasteiger partial charge is 0.247 e. The van der Waals surface area contributed by atoms with Crippen LogP contribution in [0.4, 0.5) is 0 Å². The minimum Gasteiger partial charge on any atom is -0.497 e. The number of aromatic nitrogens is 2. The summed E-state index contributed by atoms with van der Waals surface area (Å²) >= 11 is 0. The Labute approximate surface area is 246 Å². The van der Waals surface area contributed by atoms with Crippen LogP contribution in [-0.4, -0.2) is 89.2 Å². The third kappa shape index (κ3) is 5.51. The number of rotatable bonds is 4. The summed E-state index contributed by atoms with van der Waals surface area (Å²) in [5.41, 5.74) is 1.07. The highest BCUT2D eigenvalue weighted by Gasteiger charge is 2.47. The van der Waals surface area contributed by atoms with Crippen molar-refractivity contribution in [3.8, 4) is 22.6 Å². The van der Waals surface area contributed by atoms with Crippen LogP contribution in [0.1, 0.15) is 31.5 Å². The number of aliphatic hydroxyl groups is 1. The van der Waals surface area contributed by atoms with E-state index in [-0.39, 0.29) is 36.1 Å². The minimum absolute atomic E-state index is 0.0121. The van der Waals surface area contributed by atoms with E-state index in [9.17, 15) is 18.3 Å². The summed E-state index contributed by atoms with van der Waals surface area (Å²) in [5.74, 6) is 1.52. The van der Waals surface area contributed by atoms with Crippen molar-refractivity contribution in [2.75, 3.05) is 33.4 Å². The van der Waals surface area contributed by atoms with Crippen molar-refractivity contribution in [1.82, 2.24) is 24.1 Å². The number of nitrogens with one attached hydrogen (secondary N) is 1. The molecule has 0 saturated carbocycles. The molecule has 4 heterocycles. The van der Waals surface area contributed by atoms with E-state index in [1.807, 2.05) is 42.1 Å². The normalized spacial score (nSPS) is 24.2. The standard InChI is InChI=1S/C30H37N5O6S/c1-33-14-11-31-28(33)20-34-12-8-30(9-13-34)10-15-41-26-17-22(21-4-3-5-24(16-21)40-2)6-7-27(26)42(38,39)35-19-23(36)18-25(35)29(37)32-30/h3-7,11,14,16-17,23,25,36H,8-10,12-13,15,18-20H2,1-2H3,(H,32,37)/t23-,25+/m1/s1. The number of aryl methyl sites for hydroxylation is 1. The number of carbonyl (C=O) groups excluding carboxylic acids is 1. The number of imidazole rings is 1. The molecule has 12 heteroatoms. The number of hydrogen-bond acceptors (Lipinski definition) is 8. The Morgan fingerprint density at radius 1 is 1.14 bits per heavy atom. The highest BCUT2D eigenvalue weighted by Crippen LogP contribution is 2.37. The van der Waals surface area contributed by atoms with Gasteiger partial charge in [-0.2, -0.15) is 4.31 Å². The SMILES string of the molecule is COc1cccc(-c2ccc3c(c2)OCCC2(CCN(Cc4nccn4C)CC2)NC(=O)[C@@H]2C[C@@H](O)CN2S3(=O)=O)c1. The lowest BCUT2D eigenvalue weighted by Crippen LogP contribution is -2.59. The van der Waals surface area contributed by atoms with Crippen LogP contribution in [-0.2, 0) is 28.4 Å². The van der Waals surface area contributed by atoms with Gasteiger partial charge >= 0.3 is 0 Å². The summed E-state index contributed by atoms with van der Waals surface area (Å²) < 4.78 is 42.7. The molecule has 1 spiro atoms. The van der Waals surface area contributed by atoms with Crippen molar-refractivity contribution in [3.63, 3.8) is 0 Å². The molecule has 2 aromatic carbocycles. The maximum absolute atomic E-state index is 14.0. The lowest BCUT2D eigenvalue weighted by atomic mass is 9.84. The fourth-order valence-electron chi connectivity index (χ4n) is 6.26. The maximum Gasteiger partial charge on any atom is 0.247 e. The van der Waals surface area contributed by atoms with Gasteiger partial charge in [0.1, 0.15) is 28.3 Å². The Morgan fingerprint density at radius 2 is 1.93 bits per heavy atom. The average Bonchev–Trinajstić information content (AvgIpc) is 3.59. The molecule has 0 unspecified atom stereocenters. The first-order valence-corrected chi connectivity index (χ1v) is 15.7. The number of piperidine rings is 1. The van der Waals surface area contributed by atoms with Crippen LogP contribution in [0.5, 0.6) is 11.5 Å². The van der Waals surface area contributed by atoms with Crippen molar-refractivity contribution in [2.24, 2.45) is 7.05 Å². The second-order valence-corrected chi connectivity index (χ2v) is 13.3. The molecule has 3 aliphatic rings. The van der Waals surface area contributed by atoms with Crippen LogP contribution in [0, 0.1) is 0 Å². The number of carbonyl (C=O) groups is 1. The van der Waals surface area contributed by atoms with Gasteiger partial charge in [0, 0.05) is 57.5 Å². The molecule has 0 radical (unpaired) electrons. The topological polar surface area (TPSA) is 126 Å². The quantitative estimate of drug-likeness (QED) is 0.470. The molecule has 1 amide bonds. The van der Waals surface area contributed by atoms with Gasteiger partial charge in [0.05, 0.1) is 26.4 Å². The van der Waals surface area contributed by atoms with Crippen LogP contribution in [0.15, 0.2) is 59.8 Å². The molecule has 6 rings (SSSR count). The Hall–Kier alpha value is -3.45. The molecule has 1 aromatic heterocycles. The first-order valence-electron chi connectivity index (χ1n) is 14.3. The summed E-state index contributed by atoms with van der Waals surface area (Å²) in [6, 6.07) is 11.5. The fourth-order valence-corrected chi connectivity index (χ4v) is 8.01. The first kappa shape index (κ1) is 28.7. The number of hydrogen-bond donors (Lipinski definition) is 2. The van der Waals surface area contributed by atoms with Crippen LogP contribution < -0.4 is 14.8 Å². The number of benzene rings is 2. The number of aliphatic hydroxyl groups excluding tert-OH is 1. The van der Waals surface area contributed by atoms with Gasteiger partial charge < -0.3 is 24.5 Å². The van der Waals surface area contributed by atoms with E-state index in [2.05, 4.69) is 15.2 Å². The predicted octanol–water partition coefficient (Wildman–Crippen LogP) is 2.15. The molecule has 11 nitrogen and oxygen atoms in total. The molecule has 3 aliphatic heterocycles. The largest absolute Gasteiger partial charge is 0.497 e. The van der Waals surface area contributed by atoms with Crippen molar-refractivity contribution in [2.45, 2.75) is 54.8 Å². The third-order valence-electron chi connectivity index (χ3n) is 8.80. The zero-order valence-corrected chi connectivity index (χ0v) is 24.7. The van der Waals surface area contributed by atoms with E-state index >= 15 is 0 Å². The zero-order valence-electron chi connectivity index (χ0n) is 23.9. The van der Waals surface area contributed by atoms with Gasteiger partial charge in [0.25, 0.3) is 0 Å². The predicted molar refractivity (Wildman–Crippen MR) is 155 cm³/mol. The van der Waals surface area contributed by atoms with Gasteiger partial charge in [-0.15, -0.1) is 0 Å². The van der Waals surface area contributed by atoms with Gasteiger partial charge in [-0.3, -0.25) is 9.69 Å². The van der Waals surface area contributed by atoms with E-state index in [0.29, 0.717) is 31.6 Å². The van der Waals surface area contributed by atoms with Crippen molar-refractivity contribution >= 4 is 15.9 Å². The molecule has 0 aliphatic carbocycles. The molecular formula is C30H37N5O6S. The highest BCUT2D eigenvalue weighted by molar-refractivity contribution is 7.89. The summed E-state index contributed by atoms with van der Waals surface area (Å²) in [4.78, 5) is 20.5. The fraction of sp³-hybridized carbons (Fsp3) is 0.467. The number of amides is 1. The number of nitrogens with zero attached hydrogens (tertiary/aromatic N) is 4. The Bertz CT molecular complexity index is 1570. The van der Waals surface area contributed by atoms with Gasteiger partial charge in [-0.25, -0.2) is 13.4 Å². The van der Waals surface area contributed by atoms with E-state index in [4.69, 9.17) is 9.47 Å². The monoisotopic (exact) mass is 595 g/mol. The van der Waals surface area contributed by atoms with E-state index in [1.165, 1.54) is 6.07 Å². The van der Waals surface area contributed by atoms with Crippen LogP contribution in [0.3, 0.4) is 0 Å². The molecule has 224 valence electrons. The zero-order chi connectivity index (χ0) is 29.5. The first-order chi connectivity index (χ1) is 20.2.